The van der Waals surface area contributed by atoms with E-state index in [0.717, 1.165) is 24.1 Å². The fraction of sp³-hybridized carbons (Fsp3) is 0.667. The summed E-state index contributed by atoms with van der Waals surface area (Å²) < 4.78 is 29.3. The van der Waals surface area contributed by atoms with Crippen LogP contribution in [0.4, 0.5) is 8.78 Å². The molecular formula is C18H25F2N3O2. The van der Waals surface area contributed by atoms with Crippen LogP contribution in [0.5, 0.6) is 5.75 Å². The summed E-state index contributed by atoms with van der Waals surface area (Å²) in [6, 6.07) is 1.63. The maximum Gasteiger partial charge on any atom is 0.387 e. The highest BCUT2D eigenvalue weighted by molar-refractivity contribution is 5.83. The standard InChI is InChI=1S/C18H25F2N3O2/c1-11(2)18(5-3-13(21)8-18)16(24)23-6-4-15-12(10-23)7-14(9-22-15)25-17(19)20/h7,9,11,13,17H,3-6,8,10,21H2,1-2H3/t13-,18+/m1/s1. The van der Waals surface area contributed by atoms with Gasteiger partial charge in [0.2, 0.25) is 5.91 Å². The van der Waals surface area contributed by atoms with Gasteiger partial charge in [0.1, 0.15) is 5.75 Å². The van der Waals surface area contributed by atoms with Gasteiger partial charge in [-0.3, -0.25) is 9.78 Å². The third-order valence-corrected chi connectivity index (χ3v) is 5.65. The summed E-state index contributed by atoms with van der Waals surface area (Å²) in [5.74, 6) is 0.368. The van der Waals surface area contributed by atoms with Gasteiger partial charge in [-0.2, -0.15) is 8.78 Å². The maximum absolute atomic E-state index is 13.3. The zero-order chi connectivity index (χ0) is 18.2. The van der Waals surface area contributed by atoms with Crippen LogP contribution < -0.4 is 10.5 Å². The van der Waals surface area contributed by atoms with Crippen molar-refractivity contribution in [3.8, 4) is 5.75 Å². The lowest BCUT2D eigenvalue weighted by atomic mass is 9.74. The summed E-state index contributed by atoms with van der Waals surface area (Å²) in [5.41, 5.74) is 7.29. The Morgan fingerprint density at radius 2 is 2.24 bits per heavy atom. The molecule has 2 aliphatic rings. The Kier molecular flexibility index (Phi) is 4.95. The van der Waals surface area contributed by atoms with Gasteiger partial charge in [0.05, 0.1) is 11.6 Å². The van der Waals surface area contributed by atoms with Crippen molar-refractivity contribution < 1.29 is 18.3 Å². The summed E-state index contributed by atoms with van der Waals surface area (Å²) in [7, 11) is 0. The van der Waals surface area contributed by atoms with Gasteiger partial charge in [-0.25, -0.2) is 0 Å². The summed E-state index contributed by atoms with van der Waals surface area (Å²) in [6.45, 7) is 2.24. The number of rotatable bonds is 4. The van der Waals surface area contributed by atoms with Crippen molar-refractivity contribution in [3.63, 3.8) is 0 Å². The number of nitrogens with zero attached hydrogens (tertiary/aromatic N) is 2. The van der Waals surface area contributed by atoms with Gasteiger partial charge in [0.25, 0.3) is 0 Å². The van der Waals surface area contributed by atoms with Crippen LogP contribution in [0.15, 0.2) is 12.3 Å². The minimum absolute atomic E-state index is 0.0320. The van der Waals surface area contributed by atoms with Crippen LogP contribution in [0.3, 0.4) is 0 Å². The molecular weight excluding hydrogens is 328 g/mol. The number of nitrogens with two attached hydrogens (primary N) is 1. The average molecular weight is 353 g/mol. The SMILES string of the molecule is CC(C)[C@]1(C(=O)N2CCc3ncc(OC(F)F)cc3C2)CC[C@@H](N)C1. The summed E-state index contributed by atoms with van der Waals surface area (Å²) in [5, 5.41) is 0. The van der Waals surface area contributed by atoms with E-state index in [1.807, 2.05) is 4.90 Å². The molecule has 2 N–H and O–H groups in total. The highest BCUT2D eigenvalue weighted by Gasteiger charge is 2.48. The summed E-state index contributed by atoms with van der Waals surface area (Å²) >= 11 is 0. The van der Waals surface area contributed by atoms with Crippen molar-refractivity contribution in [2.24, 2.45) is 17.1 Å². The van der Waals surface area contributed by atoms with E-state index in [1.54, 1.807) is 6.07 Å². The number of amides is 1. The second-order valence-corrected chi connectivity index (χ2v) is 7.45. The van der Waals surface area contributed by atoms with Crippen LogP contribution in [0.25, 0.3) is 0 Å². The summed E-state index contributed by atoms with van der Waals surface area (Å²) in [4.78, 5) is 19.3. The fourth-order valence-corrected chi connectivity index (χ4v) is 4.14. The minimum atomic E-state index is -2.88. The number of halogens is 2. The molecule has 0 unspecified atom stereocenters. The van der Waals surface area contributed by atoms with Gasteiger partial charge in [-0.1, -0.05) is 13.8 Å². The van der Waals surface area contributed by atoms with Gasteiger partial charge >= 0.3 is 6.61 Å². The van der Waals surface area contributed by atoms with E-state index in [4.69, 9.17) is 5.73 Å². The first-order valence-electron chi connectivity index (χ1n) is 8.79. The molecule has 7 heteroatoms. The van der Waals surface area contributed by atoms with Crippen LogP contribution in [-0.2, 0) is 17.8 Å². The molecule has 138 valence electrons. The van der Waals surface area contributed by atoms with Gasteiger partial charge in [-0.05, 0) is 36.8 Å². The van der Waals surface area contributed by atoms with Gasteiger partial charge in [0, 0.05) is 31.2 Å². The third kappa shape index (κ3) is 3.47. The summed E-state index contributed by atoms with van der Waals surface area (Å²) in [6.07, 6.45) is 4.31. The number of hydrogen-bond acceptors (Lipinski definition) is 4. The molecule has 5 nitrogen and oxygen atoms in total. The highest BCUT2D eigenvalue weighted by atomic mass is 19.3. The number of hydrogen-bond donors (Lipinski definition) is 1. The highest BCUT2D eigenvalue weighted by Crippen LogP contribution is 2.45. The smallest absolute Gasteiger partial charge is 0.387 e. The molecule has 1 aliphatic carbocycles. The number of carbonyl (C=O) groups is 1. The van der Waals surface area contributed by atoms with E-state index < -0.39 is 12.0 Å². The maximum atomic E-state index is 13.3. The number of carbonyl (C=O) groups excluding carboxylic acids is 1. The predicted molar refractivity (Wildman–Crippen MR) is 89.1 cm³/mol. The molecule has 25 heavy (non-hydrogen) atoms. The van der Waals surface area contributed by atoms with Crippen LogP contribution in [0.2, 0.25) is 0 Å². The van der Waals surface area contributed by atoms with Crippen molar-refractivity contribution in [2.45, 2.75) is 58.7 Å². The van der Waals surface area contributed by atoms with E-state index in [9.17, 15) is 13.6 Å². The zero-order valence-corrected chi connectivity index (χ0v) is 14.7. The molecule has 1 aromatic rings. The van der Waals surface area contributed by atoms with E-state index in [0.29, 0.717) is 25.9 Å². The van der Waals surface area contributed by atoms with E-state index >= 15 is 0 Å². The van der Waals surface area contributed by atoms with Crippen LogP contribution in [-0.4, -0.2) is 35.0 Å². The van der Waals surface area contributed by atoms with Gasteiger partial charge in [-0.15, -0.1) is 0 Å². The first kappa shape index (κ1) is 18.0. The topological polar surface area (TPSA) is 68.5 Å². The normalized spacial score (nSPS) is 26.2. The monoisotopic (exact) mass is 353 g/mol. The Morgan fingerprint density at radius 3 is 2.84 bits per heavy atom. The molecule has 1 aliphatic heterocycles. The molecule has 0 radical (unpaired) electrons. The lowest BCUT2D eigenvalue weighted by molar-refractivity contribution is -0.145. The average Bonchev–Trinajstić information content (AvgIpc) is 2.96. The first-order valence-corrected chi connectivity index (χ1v) is 8.79. The number of fused-ring (bicyclic) bond motifs is 1. The Hall–Kier alpha value is -1.76. The van der Waals surface area contributed by atoms with Crippen molar-refractivity contribution in [2.75, 3.05) is 6.54 Å². The molecule has 1 fully saturated rings. The van der Waals surface area contributed by atoms with Crippen molar-refractivity contribution in [1.29, 1.82) is 0 Å². The van der Waals surface area contributed by atoms with Gasteiger partial charge < -0.3 is 15.4 Å². The largest absolute Gasteiger partial charge is 0.433 e. The quantitative estimate of drug-likeness (QED) is 0.904. The molecule has 2 heterocycles. The number of pyridine rings is 1. The van der Waals surface area contributed by atoms with Crippen LogP contribution in [0, 0.1) is 11.3 Å². The van der Waals surface area contributed by atoms with E-state index in [2.05, 4.69) is 23.6 Å². The molecule has 1 saturated carbocycles. The third-order valence-electron chi connectivity index (χ3n) is 5.65. The lowest BCUT2D eigenvalue weighted by Crippen LogP contribution is -2.48. The van der Waals surface area contributed by atoms with Crippen molar-refractivity contribution >= 4 is 5.91 Å². The van der Waals surface area contributed by atoms with Crippen molar-refractivity contribution in [1.82, 2.24) is 9.88 Å². The first-order chi connectivity index (χ1) is 11.8. The molecule has 3 rings (SSSR count). The lowest BCUT2D eigenvalue weighted by Gasteiger charge is -2.39. The van der Waals surface area contributed by atoms with E-state index in [1.165, 1.54) is 6.20 Å². The van der Waals surface area contributed by atoms with Crippen molar-refractivity contribution in [3.05, 3.63) is 23.5 Å². The molecule has 1 amide bonds. The van der Waals surface area contributed by atoms with Gasteiger partial charge in [0.15, 0.2) is 0 Å². The molecule has 0 spiro atoms. The Morgan fingerprint density at radius 1 is 1.48 bits per heavy atom. The fourth-order valence-electron chi connectivity index (χ4n) is 4.14. The molecule has 0 bridgehead atoms. The van der Waals surface area contributed by atoms with E-state index in [-0.39, 0.29) is 23.6 Å². The minimum Gasteiger partial charge on any atom is -0.433 e. The second-order valence-electron chi connectivity index (χ2n) is 7.45. The second kappa shape index (κ2) is 6.86. The molecule has 0 saturated heterocycles. The molecule has 2 atom stereocenters. The Labute approximate surface area is 146 Å². The number of aromatic nitrogens is 1. The van der Waals surface area contributed by atoms with Crippen LogP contribution in [0.1, 0.15) is 44.4 Å². The van der Waals surface area contributed by atoms with Crippen LogP contribution >= 0.6 is 0 Å². The number of alkyl halides is 2. The Bertz CT molecular complexity index is 653. The zero-order valence-electron chi connectivity index (χ0n) is 14.7. The number of ether oxygens (including phenoxy) is 1. The molecule has 0 aromatic carbocycles. The predicted octanol–water partition coefficient (Wildman–Crippen LogP) is 2.72. The molecule has 1 aromatic heterocycles. The Balaban J connectivity index is 1.80.